The normalized spacial score (nSPS) is 15.6. The summed E-state index contributed by atoms with van der Waals surface area (Å²) >= 11 is 0. The molecule has 5 rings (SSSR count). The highest BCUT2D eigenvalue weighted by molar-refractivity contribution is 6.04. The van der Waals surface area contributed by atoms with Crippen LogP contribution in [0.5, 0.6) is 0 Å². The molecule has 1 aromatic carbocycles. The lowest BCUT2D eigenvalue weighted by atomic mass is 10.1. The quantitative estimate of drug-likeness (QED) is 0.547. The molecule has 0 fully saturated rings. The van der Waals surface area contributed by atoms with Crippen LogP contribution in [0, 0.1) is 0 Å². The fourth-order valence-electron chi connectivity index (χ4n) is 3.70. The number of nitrogens with zero attached hydrogens (tertiary/aromatic N) is 3. The standard InChI is InChI=1S/C22H19N5O3/c1-13-12-23-22(29)18-10-15-7-8-17(24-20(15)27(13)18)21(28)25-19-11-16(30-26-19)9-14-5-3-2-4-6-14/h2-8,10-11,13H,9,12H2,1H3,(H,23,29)(H,25,26,28)/t13-/m1/s1. The minimum Gasteiger partial charge on any atom is -0.359 e. The van der Waals surface area contributed by atoms with Crippen LogP contribution in [0.25, 0.3) is 11.0 Å². The topological polar surface area (TPSA) is 102 Å². The van der Waals surface area contributed by atoms with Crippen molar-refractivity contribution in [2.45, 2.75) is 19.4 Å². The first-order valence-electron chi connectivity index (χ1n) is 9.69. The van der Waals surface area contributed by atoms with Gasteiger partial charge in [-0.3, -0.25) is 9.59 Å². The largest absolute Gasteiger partial charge is 0.359 e. The number of rotatable bonds is 4. The van der Waals surface area contributed by atoms with Gasteiger partial charge < -0.3 is 19.7 Å². The zero-order valence-electron chi connectivity index (χ0n) is 16.3. The number of hydrogen-bond donors (Lipinski definition) is 2. The summed E-state index contributed by atoms with van der Waals surface area (Å²) in [5, 5.41) is 10.3. The van der Waals surface area contributed by atoms with Gasteiger partial charge in [0, 0.05) is 24.4 Å². The Morgan fingerprint density at radius 2 is 2.07 bits per heavy atom. The maximum Gasteiger partial charge on any atom is 0.275 e. The van der Waals surface area contributed by atoms with Gasteiger partial charge in [-0.1, -0.05) is 35.5 Å². The van der Waals surface area contributed by atoms with E-state index < -0.39 is 0 Å². The molecule has 30 heavy (non-hydrogen) atoms. The predicted molar refractivity (Wildman–Crippen MR) is 110 cm³/mol. The molecule has 1 aliphatic heterocycles. The van der Waals surface area contributed by atoms with Crippen molar-refractivity contribution in [3.63, 3.8) is 0 Å². The third kappa shape index (κ3) is 3.22. The second-order valence-corrected chi connectivity index (χ2v) is 7.36. The van der Waals surface area contributed by atoms with Crippen LogP contribution >= 0.6 is 0 Å². The molecule has 0 saturated heterocycles. The Kier molecular flexibility index (Phi) is 4.31. The van der Waals surface area contributed by atoms with Crippen LogP contribution in [0.4, 0.5) is 5.82 Å². The van der Waals surface area contributed by atoms with Crippen molar-refractivity contribution in [2.24, 2.45) is 0 Å². The maximum atomic E-state index is 12.7. The van der Waals surface area contributed by atoms with Gasteiger partial charge >= 0.3 is 0 Å². The molecule has 8 nitrogen and oxygen atoms in total. The number of fused-ring (bicyclic) bond motifs is 3. The average molecular weight is 401 g/mol. The molecule has 2 N–H and O–H groups in total. The van der Waals surface area contributed by atoms with Gasteiger partial charge in [0.25, 0.3) is 11.8 Å². The lowest BCUT2D eigenvalue weighted by molar-refractivity contribution is 0.0918. The van der Waals surface area contributed by atoms with E-state index in [-0.39, 0.29) is 23.6 Å². The van der Waals surface area contributed by atoms with Gasteiger partial charge in [0.15, 0.2) is 5.82 Å². The van der Waals surface area contributed by atoms with Crippen molar-refractivity contribution >= 4 is 28.7 Å². The van der Waals surface area contributed by atoms with E-state index in [0.717, 1.165) is 10.9 Å². The first-order chi connectivity index (χ1) is 14.6. The van der Waals surface area contributed by atoms with E-state index in [9.17, 15) is 9.59 Å². The zero-order valence-corrected chi connectivity index (χ0v) is 16.3. The van der Waals surface area contributed by atoms with E-state index in [4.69, 9.17) is 4.52 Å². The van der Waals surface area contributed by atoms with Gasteiger partial charge in [-0.05, 0) is 30.7 Å². The highest BCUT2D eigenvalue weighted by Crippen LogP contribution is 2.25. The van der Waals surface area contributed by atoms with E-state index in [1.54, 1.807) is 24.3 Å². The van der Waals surface area contributed by atoms with Gasteiger partial charge in [-0.25, -0.2) is 4.98 Å². The summed E-state index contributed by atoms with van der Waals surface area (Å²) in [4.78, 5) is 29.4. The molecule has 0 aliphatic carbocycles. The van der Waals surface area contributed by atoms with Crippen LogP contribution in [-0.2, 0) is 6.42 Å². The van der Waals surface area contributed by atoms with Crippen LogP contribution in [0.2, 0.25) is 0 Å². The number of anilines is 1. The Balaban J connectivity index is 1.38. The van der Waals surface area contributed by atoms with Crippen LogP contribution < -0.4 is 10.6 Å². The minimum atomic E-state index is -0.389. The van der Waals surface area contributed by atoms with E-state index >= 15 is 0 Å². The third-order valence-electron chi connectivity index (χ3n) is 5.17. The Labute approximate surface area is 171 Å². The Morgan fingerprint density at radius 1 is 1.23 bits per heavy atom. The Morgan fingerprint density at radius 3 is 2.90 bits per heavy atom. The number of nitrogens with one attached hydrogen (secondary N) is 2. The lowest BCUT2D eigenvalue weighted by Crippen LogP contribution is -2.37. The molecule has 0 unspecified atom stereocenters. The molecule has 2 amide bonds. The lowest BCUT2D eigenvalue weighted by Gasteiger charge is -2.23. The van der Waals surface area contributed by atoms with Crippen molar-refractivity contribution in [1.82, 2.24) is 20.0 Å². The number of carbonyl (C=O) groups is 2. The second-order valence-electron chi connectivity index (χ2n) is 7.36. The number of aromatic nitrogens is 3. The van der Waals surface area contributed by atoms with Gasteiger partial charge in [0.1, 0.15) is 22.8 Å². The summed E-state index contributed by atoms with van der Waals surface area (Å²) < 4.78 is 7.20. The van der Waals surface area contributed by atoms with Crippen molar-refractivity contribution < 1.29 is 14.1 Å². The second kappa shape index (κ2) is 7.14. The van der Waals surface area contributed by atoms with Gasteiger partial charge in [-0.2, -0.15) is 0 Å². The van der Waals surface area contributed by atoms with Crippen LogP contribution in [-0.4, -0.2) is 33.1 Å². The average Bonchev–Trinajstić information content (AvgIpc) is 3.36. The fourth-order valence-corrected chi connectivity index (χ4v) is 3.70. The fraction of sp³-hybridized carbons (Fsp3) is 0.182. The summed E-state index contributed by atoms with van der Waals surface area (Å²) in [6.07, 6.45) is 0.587. The van der Waals surface area contributed by atoms with Crippen LogP contribution in [0.3, 0.4) is 0 Å². The molecule has 0 bridgehead atoms. The van der Waals surface area contributed by atoms with Gasteiger partial charge in [0.2, 0.25) is 0 Å². The minimum absolute atomic E-state index is 0.0529. The summed E-state index contributed by atoms with van der Waals surface area (Å²) in [5.41, 5.74) is 2.50. The van der Waals surface area contributed by atoms with Crippen molar-refractivity contribution in [1.29, 1.82) is 0 Å². The summed E-state index contributed by atoms with van der Waals surface area (Å²) in [7, 11) is 0. The molecule has 3 aromatic heterocycles. The molecular formula is C22H19N5O3. The van der Waals surface area contributed by atoms with Crippen molar-refractivity contribution in [3.05, 3.63) is 77.3 Å². The molecule has 1 atom stereocenters. The molecule has 0 radical (unpaired) electrons. The van der Waals surface area contributed by atoms with Gasteiger partial charge in [-0.15, -0.1) is 0 Å². The molecule has 8 heteroatoms. The number of amides is 2. The molecule has 4 aromatic rings. The van der Waals surface area contributed by atoms with E-state index in [2.05, 4.69) is 20.8 Å². The molecule has 0 saturated carbocycles. The molecule has 1 aliphatic rings. The monoisotopic (exact) mass is 401 g/mol. The zero-order chi connectivity index (χ0) is 20.7. The number of benzene rings is 1. The summed E-state index contributed by atoms with van der Waals surface area (Å²) in [6, 6.07) is 16.9. The number of hydrogen-bond acceptors (Lipinski definition) is 5. The van der Waals surface area contributed by atoms with Crippen molar-refractivity contribution in [3.8, 4) is 0 Å². The molecule has 0 spiro atoms. The van der Waals surface area contributed by atoms with E-state index in [1.165, 1.54) is 0 Å². The smallest absolute Gasteiger partial charge is 0.275 e. The van der Waals surface area contributed by atoms with E-state index in [1.807, 2.05) is 41.8 Å². The number of carbonyl (C=O) groups excluding carboxylic acids is 2. The Hall–Kier alpha value is -3.94. The SMILES string of the molecule is C[C@@H]1CNC(=O)c2cc3ccc(C(=O)Nc4cc(Cc5ccccc5)on4)nc3n21. The number of pyridine rings is 1. The summed E-state index contributed by atoms with van der Waals surface area (Å²) in [6.45, 7) is 2.53. The first-order valence-corrected chi connectivity index (χ1v) is 9.69. The van der Waals surface area contributed by atoms with Gasteiger partial charge in [0.05, 0.1) is 6.04 Å². The highest BCUT2D eigenvalue weighted by atomic mass is 16.5. The molecule has 150 valence electrons. The van der Waals surface area contributed by atoms with Crippen molar-refractivity contribution in [2.75, 3.05) is 11.9 Å². The Bertz CT molecular complexity index is 1260. The predicted octanol–water partition coefficient (Wildman–Crippen LogP) is 3.17. The van der Waals surface area contributed by atoms with E-state index in [0.29, 0.717) is 35.9 Å². The van der Waals surface area contributed by atoms with Crippen LogP contribution in [0.1, 0.15) is 45.3 Å². The third-order valence-corrected chi connectivity index (χ3v) is 5.17. The highest BCUT2D eigenvalue weighted by Gasteiger charge is 2.25. The maximum absolute atomic E-state index is 12.7. The molecular weight excluding hydrogens is 382 g/mol. The molecule has 4 heterocycles. The summed E-state index contributed by atoms with van der Waals surface area (Å²) in [5.74, 6) is 0.462. The first kappa shape index (κ1) is 18.1. The van der Waals surface area contributed by atoms with Crippen LogP contribution in [0.15, 0.2) is 59.1 Å².